The quantitative estimate of drug-likeness (QED) is 0.864. The van der Waals surface area contributed by atoms with Gasteiger partial charge < -0.3 is 9.80 Å². The predicted octanol–water partition coefficient (Wildman–Crippen LogP) is 2.34. The molecule has 0 aliphatic carbocycles. The van der Waals surface area contributed by atoms with Gasteiger partial charge in [0.1, 0.15) is 6.33 Å². The summed E-state index contributed by atoms with van der Waals surface area (Å²) in [6, 6.07) is 8.13. The van der Waals surface area contributed by atoms with E-state index in [9.17, 15) is 9.18 Å². The van der Waals surface area contributed by atoms with Crippen molar-refractivity contribution < 1.29 is 9.18 Å². The van der Waals surface area contributed by atoms with Gasteiger partial charge in [0, 0.05) is 19.6 Å². The molecule has 0 saturated carbocycles. The van der Waals surface area contributed by atoms with E-state index in [0.717, 1.165) is 5.56 Å². The zero-order chi connectivity index (χ0) is 17.1. The highest BCUT2D eigenvalue weighted by Gasteiger charge is 2.27. The third-order valence-electron chi connectivity index (χ3n) is 4.25. The van der Waals surface area contributed by atoms with Gasteiger partial charge in [-0.1, -0.05) is 36.8 Å². The first-order chi connectivity index (χ1) is 11.6. The van der Waals surface area contributed by atoms with E-state index in [1.807, 2.05) is 36.9 Å². The summed E-state index contributed by atoms with van der Waals surface area (Å²) in [6.45, 7) is 5.72. The summed E-state index contributed by atoms with van der Waals surface area (Å²) in [7, 11) is 0. The van der Waals surface area contributed by atoms with Gasteiger partial charge >= 0.3 is 0 Å². The molecule has 0 bridgehead atoms. The van der Waals surface area contributed by atoms with Gasteiger partial charge in [-0.25, -0.2) is 14.4 Å². The van der Waals surface area contributed by atoms with Crippen molar-refractivity contribution >= 4 is 11.7 Å². The number of hydrogen-bond acceptors (Lipinski definition) is 4. The van der Waals surface area contributed by atoms with Crippen LogP contribution < -0.4 is 4.90 Å². The van der Waals surface area contributed by atoms with Crippen molar-refractivity contribution in [2.24, 2.45) is 0 Å². The predicted molar refractivity (Wildman–Crippen MR) is 90.2 cm³/mol. The molecule has 0 unspecified atom stereocenters. The Hall–Kier alpha value is -2.50. The molecule has 0 atom stereocenters. The maximum absolute atomic E-state index is 14.4. The fourth-order valence-electron chi connectivity index (χ4n) is 2.95. The van der Waals surface area contributed by atoms with E-state index in [-0.39, 0.29) is 18.3 Å². The minimum Gasteiger partial charge on any atom is -0.343 e. The fraction of sp³-hybridized carbons (Fsp3) is 0.389. The van der Waals surface area contributed by atoms with Crippen LogP contribution in [0.5, 0.6) is 0 Å². The van der Waals surface area contributed by atoms with Crippen LogP contribution in [0.3, 0.4) is 0 Å². The van der Waals surface area contributed by atoms with Crippen molar-refractivity contribution in [1.29, 1.82) is 0 Å². The first-order valence-corrected chi connectivity index (χ1v) is 8.16. The standard InChI is InChI=1S/C18H21FN4O/c1-3-15-17(19)18(21-12-20-15)23-8-7-22(16(24)11-23)10-14-6-4-5-13(2)9-14/h4-6,9,12H,3,7-8,10-11H2,1-2H3. The zero-order valence-electron chi connectivity index (χ0n) is 14.0. The number of aryl methyl sites for hydroxylation is 2. The molecular weight excluding hydrogens is 307 g/mol. The van der Waals surface area contributed by atoms with E-state index in [4.69, 9.17) is 0 Å². The summed E-state index contributed by atoms with van der Waals surface area (Å²) >= 11 is 0. The number of amides is 1. The number of carbonyl (C=O) groups is 1. The van der Waals surface area contributed by atoms with Gasteiger partial charge in [0.15, 0.2) is 11.6 Å². The lowest BCUT2D eigenvalue weighted by Gasteiger charge is -2.35. The molecule has 3 rings (SSSR count). The van der Waals surface area contributed by atoms with Gasteiger partial charge in [0.05, 0.1) is 12.2 Å². The number of benzene rings is 1. The summed E-state index contributed by atoms with van der Waals surface area (Å²) < 4.78 is 14.4. The van der Waals surface area contributed by atoms with Crippen LogP contribution in [0.25, 0.3) is 0 Å². The molecule has 1 amide bonds. The Balaban J connectivity index is 1.70. The third kappa shape index (κ3) is 3.37. The average Bonchev–Trinajstić information content (AvgIpc) is 2.57. The van der Waals surface area contributed by atoms with Crippen molar-refractivity contribution in [2.75, 3.05) is 24.5 Å². The lowest BCUT2D eigenvalue weighted by Crippen LogP contribution is -2.50. The molecule has 5 nitrogen and oxygen atoms in total. The molecule has 1 aliphatic heterocycles. The second-order valence-electron chi connectivity index (χ2n) is 6.04. The van der Waals surface area contributed by atoms with Gasteiger partial charge in [-0.15, -0.1) is 0 Å². The van der Waals surface area contributed by atoms with Gasteiger partial charge in [-0.3, -0.25) is 4.79 Å². The second-order valence-corrected chi connectivity index (χ2v) is 6.04. The molecule has 0 N–H and O–H groups in total. The van der Waals surface area contributed by atoms with Gasteiger partial charge in [0.2, 0.25) is 5.91 Å². The van der Waals surface area contributed by atoms with Crippen molar-refractivity contribution in [3.8, 4) is 0 Å². The topological polar surface area (TPSA) is 49.3 Å². The lowest BCUT2D eigenvalue weighted by atomic mass is 10.1. The van der Waals surface area contributed by atoms with Crippen LogP contribution in [0, 0.1) is 12.7 Å². The van der Waals surface area contributed by atoms with E-state index >= 15 is 0 Å². The fourth-order valence-corrected chi connectivity index (χ4v) is 2.95. The number of hydrogen-bond donors (Lipinski definition) is 0. The largest absolute Gasteiger partial charge is 0.343 e. The minimum atomic E-state index is -0.417. The average molecular weight is 328 g/mol. The number of piperazine rings is 1. The first kappa shape index (κ1) is 16.4. The molecule has 0 radical (unpaired) electrons. The maximum atomic E-state index is 14.4. The molecule has 1 saturated heterocycles. The Kier molecular flexibility index (Phi) is 4.74. The van der Waals surface area contributed by atoms with Crippen molar-refractivity contribution in [2.45, 2.75) is 26.8 Å². The minimum absolute atomic E-state index is 0.0150. The first-order valence-electron chi connectivity index (χ1n) is 8.16. The normalized spacial score (nSPS) is 15.0. The second kappa shape index (κ2) is 6.95. The summed E-state index contributed by atoms with van der Waals surface area (Å²) in [6.07, 6.45) is 1.86. The SMILES string of the molecule is CCc1ncnc(N2CCN(Cc3cccc(C)c3)C(=O)C2)c1F. The van der Waals surface area contributed by atoms with Crippen LogP contribution in [-0.4, -0.2) is 40.4 Å². The number of nitrogens with zero attached hydrogens (tertiary/aromatic N) is 4. The summed E-state index contributed by atoms with van der Waals surface area (Å²) in [5, 5.41) is 0. The summed E-state index contributed by atoms with van der Waals surface area (Å²) in [5.41, 5.74) is 2.67. The van der Waals surface area contributed by atoms with Crippen LogP contribution in [0.4, 0.5) is 10.2 Å². The monoisotopic (exact) mass is 328 g/mol. The highest BCUT2D eigenvalue weighted by atomic mass is 19.1. The molecule has 1 aromatic carbocycles. The molecule has 1 aliphatic rings. The Morgan fingerprint density at radius 3 is 2.79 bits per heavy atom. The van der Waals surface area contributed by atoms with Crippen molar-refractivity contribution in [3.63, 3.8) is 0 Å². The summed E-state index contributed by atoms with van der Waals surface area (Å²) in [5.74, 6) is -0.204. The maximum Gasteiger partial charge on any atom is 0.242 e. The highest BCUT2D eigenvalue weighted by molar-refractivity contribution is 5.82. The smallest absolute Gasteiger partial charge is 0.242 e. The molecule has 24 heavy (non-hydrogen) atoms. The van der Waals surface area contributed by atoms with Crippen LogP contribution in [-0.2, 0) is 17.8 Å². The zero-order valence-corrected chi connectivity index (χ0v) is 14.0. The van der Waals surface area contributed by atoms with Crippen LogP contribution >= 0.6 is 0 Å². The van der Waals surface area contributed by atoms with Crippen LogP contribution in [0.2, 0.25) is 0 Å². The Bertz CT molecular complexity index is 750. The molecule has 1 aromatic heterocycles. The number of anilines is 1. The molecular formula is C18H21FN4O. The Morgan fingerprint density at radius 1 is 1.25 bits per heavy atom. The Morgan fingerprint density at radius 2 is 2.08 bits per heavy atom. The number of halogens is 1. The highest BCUT2D eigenvalue weighted by Crippen LogP contribution is 2.21. The van der Waals surface area contributed by atoms with E-state index in [1.54, 1.807) is 4.90 Å². The number of carbonyl (C=O) groups excluding carboxylic acids is 1. The van der Waals surface area contributed by atoms with E-state index < -0.39 is 5.82 Å². The molecule has 126 valence electrons. The van der Waals surface area contributed by atoms with Crippen molar-refractivity contribution in [3.05, 3.63) is 53.2 Å². The van der Waals surface area contributed by atoms with E-state index in [1.165, 1.54) is 11.9 Å². The summed E-state index contributed by atoms with van der Waals surface area (Å²) in [4.78, 5) is 23.9. The Labute approximate surface area is 141 Å². The van der Waals surface area contributed by atoms with Gasteiger partial charge in [0.25, 0.3) is 0 Å². The van der Waals surface area contributed by atoms with E-state index in [2.05, 4.69) is 16.0 Å². The number of aromatic nitrogens is 2. The van der Waals surface area contributed by atoms with Crippen LogP contribution in [0.1, 0.15) is 23.7 Å². The lowest BCUT2D eigenvalue weighted by molar-refractivity contribution is -0.131. The van der Waals surface area contributed by atoms with Gasteiger partial charge in [-0.05, 0) is 18.9 Å². The molecule has 0 spiro atoms. The van der Waals surface area contributed by atoms with Crippen LogP contribution in [0.15, 0.2) is 30.6 Å². The van der Waals surface area contributed by atoms with Gasteiger partial charge in [-0.2, -0.15) is 0 Å². The molecule has 2 heterocycles. The van der Waals surface area contributed by atoms with Crippen molar-refractivity contribution in [1.82, 2.24) is 14.9 Å². The molecule has 1 fully saturated rings. The van der Waals surface area contributed by atoms with E-state index in [0.29, 0.717) is 31.7 Å². The third-order valence-corrected chi connectivity index (χ3v) is 4.25. The molecule has 2 aromatic rings. The molecule has 6 heteroatoms. The number of rotatable bonds is 4.